The molecule has 1 fully saturated rings. The van der Waals surface area contributed by atoms with Crippen molar-refractivity contribution in [2.45, 2.75) is 38.7 Å². The number of hydrogen-bond acceptors (Lipinski definition) is 3. The van der Waals surface area contributed by atoms with Gasteiger partial charge in [0, 0.05) is 29.5 Å². The quantitative estimate of drug-likeness (QED) is 0.791. The topological polar surface area (TPSA) is 41.6 Å². The number of carbonyl (C=O) groups excluding carboxylic acids is 1. The van der Waals surface area contributed by atoms with E-state index < -0.39 is 6.10 Å². The molecule has 0 aliphatic carbocycles. The van der Waals surface area contributed by atoms with Crippen LogP contribution in [0.5, 0.6) is 5.75 Å². The van der Waals surface area contributed by atoms with Crippen LogP contribution in [0, 0.1) is 0 Å². The molecule has 1 N–H and O–H groups in total. The number of carbonyl (C=O) groups is 1. The van der Waals surface area contributed by atoms with Gasteiger partial charge in [0.25, 0.3) is 5.91 Å². The third-order valence-corrected chi connectivity index (χ3v) is 4.85. The maximum absolute atomic E-state index is 12.3. The van der Waals surface area contributed by atoms with E-state index in [-0.39, 0.29) is 5.91 Å². The first-order chi connectivity index (χ1) is 12.6. The Balaban J connectivity index is 1.55. The van der Waals surface area contributed by atoms with Gasteiger partial charge in [-0.05, 0) is 68.3 Å². The molecule has 5 heteroatoms. The molecule has 0 saturated carbocycles. The molecule has 0 spiro atoms. The lowest BCUT2D eigenvalue weighted by Crippen LogP contribution is -2.30. The van der Waals surface area contributed by atoms with Crippen molar-refractivity contribution in [3.05, 3.63) is 53.6 Å². The molecule has 3 rings (SSSR count). The molecule has 1 saturated heterocycles. The fourth-order valence-electron chi connectivity index (χ4n) is 3.10. The third-order valence-electron chi connectivity index (χ3n) is 4.60. The first-order valence-corrected chi connectivity index (χ1v) is 9.58. The molecule has 4 nitrogen and oxygen atoms in total. The zero-order valence-corrected chi connectivity index (χ0v) is 15.8. The maximum atomic E-state index is 12.3. The molecule has 2 aromatic rings. The summed E-state index contributed by atoms with van der Waals surface area (Å²) in [4.78, 5) is 14.8. The van der Waals surface area contributed by atoms with Crippen LogP contribution in [0.15, 0.2) is 48.5 Å². The summed E-state index contributed by atoms with van der Waals surface area (Å²) in [6.07, 6.45) is 4.53. The molecule has 1 unspecified atom stereocenters. The number of rotatable bonds is 5. The van der Waals surface area contributed by atoms with Crippen molar-refractivity contribution in [2.75, 3.05) is 23.3 Å². The second-order valence-corrected chi connectivity index (χ2v) is 7.09. The Morgan fingerprint density at radius 2 is 1.62 bits per heavy atom. The van der Waals surface area contributed by atoms with Crippen LogP contribution in [-0.4, -0.2) is 25.1 Å². The first kappa shape index (κ1) is 18.6. The number of benzene rings is 2. The number of amides is 1. The van der Waals surface area contributed by atoms with Gasteiger partial charge in [-0.3, -0.25) is 4.79 Å². The molecule has 138 valence electrons. The summed E-state index contributed by atoms with van der Waals surface area (Å²) < 4.78 is 5.66. The standard InChI is InChI=1S/C21H25ClN2O2/c1-16(26-20-12-6-17(22)7-13-20)21(25)23-18-8-10-19(11-9-18)24-14-4-2-3-5-15-24/h6-13,16H,2-5,14-15H2,1H3,(H,23,25). The van der Waals surface area contributed by atoms with E-state index in [4.69, 9.17) is 16.3 Å². The molecule has 0 bridgehead atoms. The summed E-state index contributed by atoms with van der Waals surface area (Å²) in [6, 6.07) is 15.0. The smallest absolute Gasteiger partial charge is 0.265 e. The minimum atomic E-state index is -0.596. The molecule has 26 heavy (non-hydrogen) atoms. The predicted molar refractivity (Wildman–Crippen MR) is 107 cm³/mol. The Morgan fingerprint density at radius 1 is 1.00 bits per heavy atom. The molecule has 0 radical (unpaired) electrons. The van der Waals surface area contributed by atoms with Crippen LogP contribution in [-0.2, 0) is 4.79 Å². The van der Waals surface area contributed by atoms with E-state index in [2.05, 4.69) is 22.3 Å². The highest BCUT2D eigenvalue weighted by molar-refractivity contribution is 6.30. The number of ether oxygens (including phenoxy) is 1. The number of hydrogen-bond donors (Lipinski definition) is 1. The van der Waals surface area contributed by atoms with Gasteiger partial charge in [-0.15, -0.1) is 0 Å². The molecule has 1 aliphatic heterocycles. The molecular weight excluding hydrogens is 348 g/mol. The zero-order valence-electron chi connectivity index (χ0n) is 15.1. The summed E-state index contributed by atoms with van der Waals surface area (Å²) in [5, 5.41) is 3.55. The summed E-state index contributed by atoms with van der Waals surface area (Å²) in [5.74, 6) is 0.441. The fraction of sp³-hybridized carbons (Fsp3) is 0.381. The van der Waals surface area contributed by atoms with E-state index in [0.717, 1.165) is 18.8 Å². The number of nitrogens with one attached hydrogen (secondary N) is 1. The summed E-state index contributed by atoms with van der Waals surface area (Å²) in [7, 11) is 0. The minimum Gasteiger partial charge on any atom is -0.481 e. The van der Waals surface area contributed by atoms with Gasteiger partial charge in [-0.1, -0.05) is 24.4 Å². The van der Waals surface area contributed by atoms with Crippen molar-refractivity contribution in [2.24, 2.45) is 0 Å². The van der Waals surface area contributed by atoms with Crippen molar-refractivity contribution < 1.29 is 9.53 Å². The van der Waals surface area contributed by atoms with Crippen molar-refractivity contribution in [3.63, 3.8) is 0 Å². The SMILES string of the molecule is CC(Oc1ccc(Cl)cc1)C(=O)Nc1ccc(N2CCCCCC2)cc1. The van der Waals surface area contributed by atoms with Gasteiger partial charge in [0.1, 0.15) is 5.75 Å². The zero-order chi connectivity index (χ0) is 18.4. The molecule has 1 heterocycles. The van der Waals surface area contributed by atoms with Gasteiger partial charge in [0.05, 0.1) is 0 Å². The number of anilines is 2. The van der Waals surface area contributed by atoms with Crippen LogP contribution < -0.4 is 15.0 Å². The van der Waals surface area contributed by atoms with Crippen LogP contribution in [0.4, 0.5) is 11.4 Å². The number of nitrogens with zero attached hydrogens (tertiary/aromatic N) is 1. The highest BCUT2D eigenvalue weighted by Crippen LogP contribution is 2.22. The van der Waals surface area contributed by atoms with E-state index >= 15 is 0 Å². The van der Waals surface area contributed by atoms with Gasteiger partial charge in [-0.2, -0.15) is 0 Å². The maximum Gasteiger partial charge on any atom is 0.265 e. The Bertz CT molecular complexity index is 708. The second-order valence-electron chi connectivity index (χ2n) is 6.65. The lowest BCUT2D eigenvalue weighted by Gasteiger charge is -2.23. The fourth-order valence-corrected chi connectivity index (χ4v) is 3.23. The van der Waals surface area contributed by atoms with Crippen LogP contribution in [0.1, 0.15) is 32.6 Å². The molecule has 1 amide bonds. The minimum absolute atomic E-state index is 0.178. The predicted octanol–water partition coefficient (Wildman–Crippen LogP) is 5.13. The van der Waals surface area contributed by atoms with E-state index in [0.29, 0.717) is 10.8 Å². The van der Waals surface area contributed by atoms with Crippen molar-refractivity contribution in [1.29, 1.82) is 0 Å². The third kappa shape index (κ3) is 5.15. The Morgan fingerprint density at radius 3 is 2.23 bits per heavy atom. The lowest BCUT2D eigenvalue weighted by molar-refractivity contribution is -0.122. The van der Waals surface area contributed by atoms with Gasteiger partial charge in [0.2, 0.25) is 0 Å². The van der Waals surface area contributed by atoms with E-state index in [9.17, 15) is 4.79 Å². The molecular formula is C21H25ClN2O2. The summed E-state index contributed by atoms with van der Waals surface area (Å²) in [5.41, 5.74) is 2.00. The normalized spacial score (nSPS) is 15.8. The Labute approximate surface area is 160 Å². The second kappa shape index (κ2) is 8.95. The average molecular weight is 373 g/mol. The summed E-state index contributed by atoms with van der Waals surface area (Å²) >= 11 is 5.86. The van der Waals surface area contributed by atoms with Crippen molar-refractivity contribution in [1.82, 2.24) is 0 Å². The highest BCUT2D eigenvalue weighted by atomic mass is 35.5. The Hall–Kier alpha value is -2.20. The Kier molecular flexibility index (Phi) is 6.40. The van der Waals surface area contributed by atoms with Gasteiger partial charge in [0.15, 0.2) is 6.10 Å². The van der Waals surface area contributed by atoms with Crippen LogP contribution in [0.3, 0.4) is 0 Å². The largest absolute Gasteiger partial charge is 0.481 e. The monoisotopic (exact) mass is 372 g/mol. The van der Waals surface area contributed by atoms with Gasteiger partial charge >= 0.3 is 0 Å². The van der Waals surface area contributed by atoms with Crippen molar-refractivity contribution >= 4 is 28.9 Å². The van der Waals surface area contributed by atoms with E-state index in [1.807, 2.05) is 12.1 Å². The first-order valence-electron chi connectivity index (χ1n) is 9.20. The molecule has 2 aromatic carbocycles. The van der Waals surface area contributed by atoms with E-state index in [1.165, 1.54) is 31.4 Å². The highest BCUT2D eigenvalue weighted by Gasteiger charge is 2.15. The number of halogens is 1. The molecule has 1 aliphatic rings. The molecule has 1 atom stereocenters. The average Bonchev–Trinajstić information content (AvgIpc) is 2.93. The van der Waals surface area contributed by atoms with Crippen LogP contribution >= 0.6 is 11.6 Å². The molecule has 0 aromatic heterocycles. The summed E-state index contributed by atoms with van der Waals surface area (Å²) in [6.45, 7) is 3.95. The van der Waals surface area contributed by atoms with E-state index in [1.54, 1.807) is 31.2 Å². The van der Waals surface area contributed by atoms with Crippen LogP contribution in [0.25, 0.3) is 0 Å². The lowest BCUT2D eigenvalue weighted by atomic mass is 10.2. The van der Waals surface area contributed by atoms with Crippen LogP contribution in [0.2, 0.25) is 5.02 Å². The van der Waals surface area contributed by atoms with Gasteiger partial charge < -0.3 is 15.0 Å². The van der Waals surface area contributed by atoms with Gasteiger partial charge in [-0.25, -0.2) is 0 Å². The van der Waals surface area contributed by atoms with Crippen molar-refractivity contribution in [3.8, 4) is 5.75 Å².